The van der Waals surface area contributed by atoms with Gasteiger partial charge in [0.1, 0.15) is 5.82 Å². The molecule has 122 valence electrons. The molecular formula is C16H27N5O. The fourth-order valence-electron chi connectivity index (χ4n) is 3.81. The van der Waals surface area contributed by atoms with Crippen molar-refractivity contribution in [2.75, 3.05) is 39.1 Å². The molecule has 0 bridgehead atoms. The Morgan fingerprint density at radius 2 is 2.36 bits per heavy atom. The van der Waals surface area contributed by atoms with E-state index in [2.05, 4.69) is 26.8 Å². The standard InChI is InChI=1S/C16H27N5O/c1-22-9-8-21-7-3-2-4-14(21)16-13(11-19-20-16)12-5-6-18-15(17)10-12/h5-6,10,13-14,16,19-20H,2-4,7-9,11H2,1H3,(H2,17,18). The summed E-state index contributed by atoms with van der Waals surface area (Å²) in [4.78, 5) is 6.69. The maximum Gasteiger partial charge on any atom is 0.123 e. The highest BCUT2D eigenvalue weighted by atomic mass is 16.5. The number of nitrogen functional groups attached to an aromatic ring is 1. The fraction of sp³-hybridized carbons (Fsp3) is 0.688. The highest BCUT2D eigenvalue weighted by Crippen LogP contribution is 2.30. The third-order valence-corrected chi connectivity index (χ3v) is 4.92. The van der Waals surface area contributed by atoms with Crippen LogP contribution in [-0.2, 0) is 4.74 Å². The Kier molecular flexibility index (Phi) is 5.25. The van der Waals surface area contributed by atoms with Crippen LogP contribution in [0.15, 0.2) is 18.3 Å². The first kappa shape index (κ1) is 15.7. The zero-order chi connectivity index (χ0) is 15.4. The van der Waals surface area contributed by atoms with Crippen molar-refractivity contribution in [3.8, 4) is 0 Å². The van der Waals surface area contributed by atoms with Gasteiger partial charge in [0, 0.05) is 44.4 Å². The summed E-state index contributed by atoms with van der Waals surface area (Å²) < 4.78 is 5.28. The summed E-state index contributed by atoms with van der Waals surface area (Å²) in [5.74, 6) is 1.03. The first-order valence-corrected chi connectivity index (χ1v) is 8.22. The molecule has 2 aliphatic heterocycles. The first-order chi connectivity index (χ1) is 10.8. The lowest BCUT2D eigenvalue weighted by molar-refractivity contribution is 0.0763. The van der Waals surface area contributed by atoms with Crippen LogP contribution in [0.4, 0.5) is 5.82 Å². The SMILES string of the molecule is COCCN1CCCCC1C1NNCC1c1ccnc(N)c1. The van der Waals surface area contributed by atoms with Crippen LogP contribution in [0.5, 0.6) is 0 Å². The van der Waals surface area contributed by atoms with E-state index >= 15 is 0 Å². The molecule has 6 nitrogen and oxygen atoms in total. The van der Waals surface area contributed by atoms with Crippen molar-refractivity contribution >= 4 is 5.82 Å². The molecule has 2 aliphatic rings. The number of nitrogens with one attached hydrogen (secondary N) is 2. The van der Waals surface area contributed by atoms with Gasteiger partial charge in [-0.15, -0.1) is 0 Å². The highest BCUT2D eigenvalue weighted by Gasteiger charge is 2.38. The monoisotopic (exact) mass is 305 g/mol. The number of nitrogens with two attached hydrogens (primary N) is 1. The Morgan fingerprint density at radius 1 is 1.45 bits per heavy atom. The number of nitrogens with zero attached hydrogens (tertiary/aromatic N) is 2. The summed E-state index contributed by atoms with van der Waals surface area (Å²) in [7, 11) is 1.77. The molecule has 3 rings (SSSR count). The number of hydrazine groups is 1. The van der Waals surface area contributed by atoms with E-state index in [4.69, 9.17) is 10.5 Å². The molecule has 0 amide bonds. The van der Waals surface area contributed by atoms with Gasteiger partial charge in [-0.1, -0.05) is 6.42 Å². The minimum Gasteiger partial charge on any atom is -0.384 e. The number of anilines is 1. The second-order valence-electron chi connectivity index (χ2n) is 6.26. The lowest BCUT2D eigenvalue weighted by Gasteiger charge is -2.40. The molecule has 3 heterocycles. The van der Waals surface area contributed by atoms with E-state index in [1.807, 2.05) is 12.3 Å². The minimum absolute atomic E-state index is 0.402. The van der Waals surface area contributed by atoms with E-state index in [9.17, 15) is 0 Å². The van der Waals surface area contributed by atoms with Crippen molar-refractivity contribution < 1.29 is 4.74 Å². The summed E-state index contributed by atoms with van der Waals surface area (Å²) in [5, 5.41) is 0. The summed E-state index contributed by atoms with van der Waals surface area (Å²) in [6.45, 7) is 3.90. The van der Waals surface area contributed by atoms with Crippen molar-refractivity contribution in [3.05, 3.63) is 23.9 Å². The predicted octanol–water partition coefficient (Wildman–Crippen LogP) is 0.725. The molecule has 4 N–H and O–H groups in total. The first-order valence-electron chi connectivity index (χ1n) is 8.22. The largest absolute Gasteiger partial charge is 0.384 e. The van der Waals surface area contributed by atoms with Crippen molar-refractivity contribution in [1.82, 2.24) is 20.7 Å². The van der Waals surface area contributed by atoms with Gasteiger partial charge in [0.25, 0.3) is 0 Å². The Morgan fingerprint density at radius 3 is 3.18 bits per heavy atom. The van der Waals surface area contributed by atoms with Crippen LogP contribution in [-0.4, -0.2) is 55.3 Å². The van der Waals surface area contributed by atoms with Crippen LogP contribution >= 0.6 is 0 Å². The van der Waals surface area contributed by atoms with E-state index in [0.717, 1.165) is 26.2 Å². The number of piperidine rings is 1. The van der Waals surface area contributed by atoms with E-state index in [-0.39, 0.29) is 0 Å². The second kappa shape index (κ2) is 7.37. The number of hydrogen-bond acceptors (Lipinski definition) is 6. The lowest BCUT2D eigenvalue weighted by Crippen LogP contribution is -2.53. The Balaban J connectivity index is 1.75. The van der Waals surface area contributed by atoms with Gasteiger partial charge in [-0.2, -0.15) is 0 Å². The molecule has 2 fully saturated rings. The maximum atomic E-state index is 5.86. The van der Waals surface area contributed by atoms with Gasteiger partial charge in [-0.3, -0.25) is 15.8 Å². The van der Waals surface area contributed by atoms with E-state index in [0.29, 0.717) is 23.8 Å². The van der Waals surface area contributed by atoms with Crippen LogP contribution in [0.3, 0.4) is 0 Å². The normalized spacial score (nSPS) is 29.8. The van der Waals surface area contributed by atoms with Crippen LogP contribution in [0.25, 0.3) is 0 Å². The van der Waals surface area contributed by atoms with Crippen LogP contribution in [0, 0.1) is 0 Å². The van der Waals surface area contributed by atoms with Gasteiger partial charge in [0.15, 0.2) is 0 Å². The molecule has 0 radical (unpaired) electrons. The molecule has 1 aromatic heterocycles. The van der Waals surface area contributed by atoms with Crippen molar-refractivity contribution in [2.24, 2.45) is 0 Å². The molecule has 0 aromatic carbocycles. The van der Waals surface area contributed by atoms with Gasteiger partial charge in [0.05, 0.1) is 6.61 Å². The van der Waals surface area contributed by atoms with Gasteiger partial charge in [-0.25, -0.2) is 4.98 Å². The van der Waals surface area contributed by atoms with Crippen molar-refractivity contribution in [3.63, 3.8) is 0 Å². The zero-order valence-corrected chi connectivity index (χ0v) is 13.3. The van der Waals surface area contributed by atoms with Crippen molar-refractivity contribution in [2.45, 2.75) is 37.3 Å². The number of pyridine rings is 1. The Labute approximate surface area is 132 Å². The molecule has 3 atom stereocenters. The lowest BCUT2D eigenvalue weighted by atomic mass is 9.84. The molecule has 0 aliphatic carbocycles. The molecule has 22 heavy (non-hydrogen) atoms. The summed E-state index contributed by atoms with van der Waals surface area (Å²) in [6.07, 6.45) is 5.63. The topological polar surface area (TPSA) is 75.4 Å². The molecule has 2 saturated heterocycles. The maximum absolute atomic E-state index is 5.86. The number of likely N-dealkylation sites (tertiary alicyclic amines) is 1. The quantitative estimate of drug-likeness (QED) is 0.744. The molecule has 6 heteroatoms. The van der Waals surface area contributed by atoms with Crippen LogP contribution < -0.4 is 16.6 Å². The number of aromatic nitrogens is 1. The average Bonchev–Trinajstić information content (AvgIpc) is 3.02. The highest BCUT2D eigenvalue weighted by molar-refractivity contribution is 5.35. The summed E-state index contributed by atoms with van der Waals surface area (Å²) >= 11 is 0. The zero-order valence-electron chi connectivity index (χ0n) is 13.3. The third kappa shape index (κ3) is 3.41. The second-order valence-corrected chi connectivity index (χ2v) is 6.26. The molecule has 0 saturated carbocycles. The molecule has 0 spiro atoms. The number of rotatable bonds is 5. The third-order valence-electron chi connectivity index (χ3n) is 4.92. The number of hydrogen-bond donors (Lipinski definition) is 3. The Hall–Kier alpha value is -1.21. The summed E-state index contributed by atoms with van der Waals surface area (Å²) in [5.41, 5.74) is 14.0. The number of methoxy groups -OCH3 is 1. The van der Waals surface area contributed by atoms with Gasteiger partial charge >= 0.3 is 0 Å². The fourth-order valence-corrected chi connectivity index (χ4v) is 3.81. The van der Waals surface area contributed by atoms with Crippen molar-refractivity contribution in [1.29, 1.82) is 0 Å². The average molecular weight is 305 g/mol. The van der Waals surface area contributed by atoms with Gasteiger partial charge < -0.3 is 10.5 Å². The summed E-state index contributed by atoms with van der Waals surface area (Å²) in [6, 6.07) is 5.04. The van der Waals surface area contributed by atoms with Crippen LogP contribution in [0.2, 0.25) is 0 Å². The smallest absolute Gasteiger partial charge is 0.123 e. The minimum atomic E-state index is 0.402. The molecule has 1 aromatic rings. The van der Waals surface area contributed by atoms with Crippen LogP contribution in [0.1, 0.15) is 30.7 Å². The number of ether oxygens (including phenoxy) is 1. The van der Waals surface area contributed by atoms with Gasteiger partial charge in [-0.05, 0) is 37.1 Å². The van der Waals surface area contributed by atoms with E-state index in [1.54, 1.807) is 7.11 Å². The Bertz CT molecular complexity index is 483. The van der Waals surface area contributed by atoms with Gasteiger partial charge in [0.2, 0.25) is 0 Å². The predicted molar refractivity (Wildman–Crippen MR) is 87.4 cm³/mol. The van der Waals surface area contributed by atoms with E-state index in [1.165, 1.54) is 24.8 Å². The van der Waals surface area contributed by atoms with E-state index < -0.39 is 0 Å². The molecule has 3 unspecified atom stereocenters. The molecular weight excluding hydrogens is 278 g/mol.